The zero-order valence-corrected chi connectivity index (χ0v) is 19.6. The average Bonchev–Trinajstić information content (AvgIpc) is 3.07. The number of alkyl halides is 3. The van der Waals surface area contributed by atoms with Gasteiger partial charge in [0.05, 0.1) is 7.11 Å². The number of esters is 4. The molecule has 1 aliphatic heterocycles. The third kappa shape index (κ3) is 7.16. The van der Waals surface area contributed by atoms with E-state index < -0.39 is 73.1 Å². The summed E-state index contributed by atoms with van der Waals surface area (Å²) >= 11 is 0. The molecule has 1 aromatic carbocycles. The summed E-state index contributed by atoms with van der Waals surface area (Å²) in [4.78, 5) is 60.6. The number of halogens is 3. The molecule has 0 saturated carbocycles. The van der Waals surface area contributed by atoms with Crippen molar-refractivity contribution < 1.29 is 60.8 Å². The maximum atomic E-state index is 13.6. The van der Waals surface area contributed by atoms with Gasteiger partial charge in [0, 0.05) is 27.3 Å². The summed E-state index contributed by atoms with van der Waals surface area (Å²) in [5.74, 6) is -6.67. The second kappa shape index (κ2) is 11.8. The molecule has 1 amide bonds. The van der Waals surface area contributed by atoms with Crippen LogP contribution in [0, 0.1) is 0 Å². The predicted octanol–water partition coefficient (Wildman–Crippen LogP) is 1.27. The Morgan fingerprint density at radius 1 is 0.917 bits per heavy atom. The van der Waals surface area contributed by atoms with Crippen LogP contribution in [-0.4, -0.2) is 78.6 Å². The minimum absolute atomic E-state index is 0.142. The topological polar surface area (TPSA) is 135 Å². The second-order valence-corrected chi connectivity index (χ2v) is 7.61. The molecule has 0 radical (unpaired) electrons. The van der Waals surface area contributed by atoms with E-state index >= 15 is 0 Å². The highest BCUT2D eigenvalue weighted by atomic mass is 19.4. The summed E-state index contributed by atoms with van der Waals surface area (Å²) in [6, 6.07) is 5.23. The molecule has 0 bridgehead atoms. The first-order valence-corrected chi connectivity index (χ1v) is 10.4. The van der Waals surface area contributed by atoms with Crippen LogP contribution in [0.1, 0.15) is 26.3 Å². The number of hydrogen-bond donors (Lipinski definition) is 0. The van der Waals surface area contributed by atoms with Crippen molar-refractivity contribution in [1.82, 2.24) is 4.90 Å². The van der Waals surface area contributed by atoms with Gasteiger partial charge >= 0.3 is 36.0 Å². The van der Waals surface area contributed by atoms with Crippen LogP contribution < -0.4 is 0 Å². The average molecular weight is 519 g/mol. The maximum absolute atomic E-state index is 13.6. The summed E-state index contributed by atoms with van der Waals surface area (Å²) in [6.45, 7) is 2.14. The maximum Gasteiger partial charge on any atom is 0.471 e. The SMILES string of the molecule is COC(=O)[C@H]([C@H]1O[C@@H](OC(C)=O)[C@H](OC(C)=O)[C@@H]1OC(C)=O)N(Cc1ccccc1)C(=O)C(F)(F)F. The molecule has 14 heteroatoms. The van der Waals surface area contributed by atoms with E-state index in [0.717, 1.165) is 27.9 Å². The number of carbonyl (C=O) groups excluding carboxylic acids is 5. The predicted molar refractivity (Wildman–Crippen MR) is 110 cm³/mol. The summed E-state index contributed by atoms with van der Waals surface area (Å²) in [5.41, 5.74) is 0.208. The van der Waals surface area contributed by atoms with Crippen molar-refractivity contribution in [1.29, 1.82) is 0 Å². The van der Waals surface area contributed by atoms with Crippen molar-refractivity contribution in [2.24, 2.45) is 0 Å². The third-order valence-electron chi connectivity index (χ3n) is 4.88. The second-order valence-electron chi connectivity index (χ2n) is 7.61. The molecule has 0 spiro atoms. The normalized spacial score (nSPS) is 22.2. The molecule has 0 N–H and O–H groups in total. The van der Waals surface area contributed by atoms with Crippen molar-refractivity contribution in [2.75, 3.05) is 7.11 Å². The molecular weight excluding hydrogens is 495 g/mol. The summed E-state index contributed by atoms with van der Waals surface area (Å²) in [7, 11) is 0.858. The van der Waals surface area contributed by atoms with Gasteiger partial charge in [-0.25, -0.2) is 4.79 Å². The van der Waals surface area contributed by atoms with Gasteiger partial charge in [0.15, 0.2) is 12.1 Å². The highest BCUT2D eigenvalue weighted by Crippen LogP contribution is 2.34. The first kappa shape index (κ1) is 28.6. The third-order valence-corrected chi connectivity index (χ3v) is 4.88. The Morgan fingerprint density at radius 3 is 1.92 bits per heavy atom. The molecule has 0 aliphatic carbocycles. The Balaban J connectivity index is 2.65. The lowest BCUT2D eigenvalue weighted by molar-refractivity contribution is -0.205. The number of hydrogen-bond acceptors (Lipinski definition) is 10. The number of benzene rings is 1. The van der Waals surface area contributed by atoms with E-state index in [2.05, 4.69) is 4.74 Å². The van der Waals surface area contributed by atoms with Crippen molar-refractivity contribution in [3.8, 4) is 0 Å². The van der Waals surface area contributed by atoms with Crippen molar-refractivity contribution in [3.63, 3.8) is 0 Å². The first-order valence-electron chi connectivity index (χ1n) is 10.4. The fourth-order valence-corrected chi connectivity index (χ4v) is 3.60. The van der Waals surface area contributed by atoms with E-state index in [1.807, 2.05) is 0 Å². The van der Waals surface area contributed by atoms with Gasteiger partial charge in [-0.3, -0.25) is 19.2 Å². The van der Waals surface area contributed by atoms with Gasteiger partial charge in [-0.15, -0.1) is 0 Å². The van der Waals surface area contributed by atoms with E-state index in [0.29, 0.717) is 0 Å². The first-order chi connectivity index (χ1) is 16.8. The molecule has 0 unspecified atom stereocenters. The molecule has 0 aromatic heterocycles. The summed E-state index contributed by atoms with van der Waals surface area (Å²) in [5, 5.41) is 0. The van der Waals surface area contributed by atoms with Crippen LogP contribution in [-0.2, 0) is 54.2 Å². The van der Waals surface area contributed by atoms with E-state index in [1.54, 1.807) is 6.07 Å². The molecule has 1 saturated heterocycles. The van der Waals surface area contributed by atoms with Crippen molar-refractivity contribution in [3.05, 3.63) is 35.9 Å². The molecule has 1 heterocycles. The molecule has 198 valence electrons. The van der Waals surface area contributed by atoms with Crippen LogP contribution in [0.4, 0.5) is 13.2 Å². The Bertz CT molecular complexity index is 984. The molecule has 1 aliphatic rings. The highest BCUT2D eigenvalue weighted by Gasteiger charge is 2.59. The minimum Gasteiger partial charge on any atom is -0.467 e. The van der Waals surface area contributed by atoms with E-state index in [-0.39, 0.29) is 10.5 Å². The number of rotatable bonds is 8. The van der Waals surface area contributed by atoms with Crippen LogP contribution in [0.5, 0.6) is 0 Å². The number of amides is 1. The minimum atomic E-state index is -5.43. The largest absolute Gasteiger partial charge is 0.471 e. The molecule has 1 fully saturated rings. The van der Waals surface area contributed by atoms with E-state index in [9.17, 15) is 37.1 Å². The van der Waals surface area contributed by atoms with Crippen LogP contribution in [0.3, 0.4) is 0 Å². The fourth-order valence-electron chi connectivity index (χ4n) is 3.60. The van der Waals surface area contributed by atoms with Gasteiger partial charge in [0.1, 0.15) is 6.10 Å². The van der Waals surface area contributed by atoms with Crippen LogP contribution >= 0.6 is 0 Å². The number of ether oxygens (including phenoxy) is 5. The van der Waals surface area contributed by atoms with Crippen LogP contribution in [0.25, 0.3) is 0 Å². The molecule has 11 nitrogen and oxygen atoms in total. The van der Waals surface area contributed by atoms with Gasteiger partial charge in [-0.1, -0.05) is 30.3 Å². The van der Waals surface area contributed by atoms with Gasteiger partial charge in [0.2, 0.25) is 12.4 Å². The van der Waals surface area contributed by atoms with Gasteiger partial charge in [0.25, 0.3) is 0 Å². The van der Waals surface area contributed by atoms with Gasteiger partial charge in [-0.05, 0) is 5.56 Å². The Kier molecular flexibility index (Phi) is 9.39. The Hall–Kier alpha value is -3.68. The Labute approximate surface area is 203 Å². The number of methoxy groups -OCH3 is 1. The van der Waals surface area contributed by atoms with E-state index in [1.165, 1.54) is 24.3 Å². The molecular formula is C22H24F3NO10. The number of carbonyl (C=O) groups is 5. The highest BCUT2D eigenvalue weighted by molar-refractivity contribution is 5.88. The molecule has 2 rings (SSSR count). The zero-order valence-electron chi connectivity index (χ0n) is 19.6. The van der Waals surface area contributed by atoms with Gasteiger partial charge in [-0.2, -0.15) is 13.2 Å². The molecule has 5 atom stereocenters. The van der Waals surface area contributed by atoms with Crippen molar-refractivity contribution in [2.45, 2.75) is 64.1 Å². The summed E-state index contributed by atoms with van der Waals surface area (Å²) in [6.07, 6.45) is -12.6. The van der Waals surface area contributed by atoms with E-state index in [4.69, 9.17) is 18.9 Å². The zero-order chi connectivity index (χ0) is 27.2. The monoisotopic (exact) mass is 519 g/mol. The lowest BCUT2D eigenvalue weighted by atomic mass is 10.0. The van der Waals surface area contributed by atoms with Crippen molar-refractivity contribution >= 4 is 29.8 Å². The van der Waals surface area contributed by atoms with Crippen LogP contribution in [0.15, 0.2) is 30.3 Å². The fraction of sp³-hybridized carbons (Fsp3) is 0.500. The lowest BCUT2D eigenvalue weighted by Crippen LogP contribution is -2.58. The smallest absolute Gasteiger partial charge is 0.467 e. The molecule has 36 heavy (non-hydrogen) atoms. The molecule has 1 aromatic rings. The standard InChI is InChI=1S/C22H24F3NO10/c1-11(27)33-17-16(36-20(35-13(3)29)18(17)34-12(2)28)15(19(30)32-4)26(21(31)22(23,24)25)10-14-8-6-5-7-9-14/h5-9,15-18,20H,10H2,1-4H3/t15-,16+,17+,18+,20+/m0/s1. The van der Waals surface area contributed by atoms with Crippen LogP contribution in [0.2, 0.25) is 0 Å². The Morgan fingerprint density at radius 2 is 1.44 bits per heavy atom. The van der Waals surface area contributed by atoms with Gasteiger partial charge < -0.3 is 28.6 Å². The summed E-state index contributed by atoms with van der Waals surface area (Å²) < 4.78 is 66.1. The number of nitrogens with zero attached hydrogens (tertiary/aromatic N) is 1. The quantitative estimate of drug-likeness (QED) is 0.365. The lowest BCUT2D eigenvalue weighted by Gasteiger charge is -2.35.